The Balaban J connectivity index is 2.47. The summed E-state index contributed by atoms with van der Waals surface area (Å²) in [6.07, 6.45) is 1.57. The Morgan fingerprint density at radius 2 is 1.77 bits per heavy atom. The van der Waals surface area contributed by atoms with Gasteiger partial charge >= 0.3 is 0 Å². The van der Waals surface area contributed by atoms with E-state index in [1.165, 1.54) is 0 Å². The highest BCUT2D eigenvalue weighted by Crippen LogP contribution is 2.25. The Bertz CT molecular complexity index is 406. The van der Waals surface area contributed by atoms with Gasteiger partial charge in [-0.25, -0.2) is 0 Å². The normalized spacial score (nSPS) is 10.3. The molecule has 0 amide bonds. The molecule has 2 nitrogen and oxygen atoms in total. The predicted molar refractivity (Wildman–Crippen MR) is 54.0 cm³/mol. The minimum Gasteiger partial charge on any atom is -0.276 e. The number of H-pyrrole nitrogens is 1. The molecule has 0 saturated carbocycles. The summed E-state index contributed by atoms with van der Waals surface area (Å²) in [7, 11) is 0. The Hall–Kier alpha value is -0.990. The fourth-order valence-corrected chi connectivity index (χ4v) is 1.42. The quantitative estimate of drug-likeness (QED) is 0.772. The Labute approximate surface area is 85.5 Å². The minimum absolute atomic E-state index is 0.613. The van der Waals surface area contributed by atoms with Crippen molar-refractivity contribution in [3.63, 3.8) is 0 Å². The number of aromatic nitrogens is 2. The second-order valence-corrected chi connectivity index (χ2v) is 3.44. The van der Waals surface area contributed by atoms with Crippen LogP contribution < -0.4 is 0 Å². The molecule has 0 radical (unpaired) electrons. The van der Waals surface area contributed by atoms with Gasteiger partial charge in [0.2, 0.25) is 0 Å². The SMILES string of the molecule is Clc1ccc(-c2[nH]ncc2Cl)cc1. The van der Waals surface area contributed by atoms with E-state index < -0.39 is 0 Å². The number of nitrogens with one attached hydrogen (secondary N) is 1. The lowest BCUT2D eigenvalue weighted by atomic mass is 10.2. The molecule has 0 aliphatic carbocycles. The second-order valence-electron chi connectivity index (χ2n) is 2.60. The third kappa shape index (κ3) is 1.69. The van der Waals surface area contributed by atoms with Gasteiger partial charge in [0.05, 0.1) is 16.9 Å². The topological polar surface area (TPSA) is 28.7 Å². The van der Waals surface area contributed by atoms with Gasteiger partial charge in [-0.05, 0) is 12.1 Å². The summed E-state index contributed by atoms with van der Waals surface area (Å²) in [5.74, 6) is 0. The van der Waals surface area contributed by atoms with Crippen LogP contribution in [0.1, 0.15) is 0 Å². The van der Waals surface area contributed by atoms with Crippen LogP contribution in [0.4, 0.5) is 0 Å². The Morgan fingerprint density at radius 1 is 1.08 bits per heavy atom. The lowest BCUT2D eigenvalue weighted by Crippen LogP contribution is -1.77. The van der Waals surface area contributed by atoms with Gasteiger partial charge in [0.25, 0.3) is 0 Å². The van der Waals surface area contributed by atoms with Crippen molar-refractivity contribution in [1.29, 1.82) is 0 Å². The van der Waals surface area contributed by atoms with Gasteiger partial charge in [-0.1, -0.05) is 35.3 Å². The van der Waals surface area contributed by atoms with Crippen LogP contribution in [0.2, 0.25) is 10.0 Å². The summed E-state index contributed by atoms with van der Waals surface area (Å²) >= 11 is 11.6. The molecule has 0 atom stereocenters. The highest BCUT2D eigenvalue weighted by atomic mass is 35.5. The maximum Gasteiger partial charge on any atom is 0.0862 e. The van der Waals surface area contributed by atoms with E-state index in [4.69, 9.17) is 23.2 Å². The van der Waals surface area contributed by atoms with E-state index in [0.717, 1.165) is 11.3 Å². The molecule has 0 fully saturated rings. The third-order valence-corrected chi connectivity index (χ3v) is 2.26. The first-order valence-corrected chi connectivity index (χ1v) is 4.48. The zero-order chi connectivity index (χ0) is 9.26. The van der Waals surface area contributed by atoms with Gasteiger partial charge in [-0.3, -0.25) is 5.10 Å². The molecule has 0 spiro atoms. The molecule has 1 aromatic heterocycles. The van der Waals surface area contributed by atoms with Crippen LogP contribution in [0.5, 0.6) is 0 Å². The molecule has 0 bridgehead atoms. The number of benzene rings is 1. The summed E-state index contributed by atoms with van der Waals surface area (Å²) in [6, 6.07) is 7.41. The molecule has 0 aliphatic heterocycles. The number of rotatable bonds is 1. The van der Waals surface area contributed by atoms with E-state index in [0.29, 0.717) is 10.0 Å². The van der Waals surface area contributed by atoms with Crippen molar-refractivity contribution in [3.8, 4) is 11.3 Å². The highest BCUT2D eigenvalue weighted by molar-refractivity contribution is 6.33. The first-order valence-electron chi connectivity index (χ1n) is 3.72. The number of hydrogen-bond donors (Lipinski definition) is 1. The number of halogens is 2. The largest absolute Gasteiger partial charge is 0.276 e. The fourth-order valence-electron chi connectivity index (χ4n) is 1.09. The van der Waals surface area contributed by atoms with Crippen molar-refractivity contribution in [1.82, 2.24) is 10.2 Å². The third-order valence-electron chi connectivity index (χ3n) is 1.73. The summed E-state index contributed by atoms with van der Waals surface area (Å²) < 4.78 is 0. The average molecular weight is 213 g/mol. The average Bonchev–Trinajstić information content (AvgIpc) is 2.53. The van der Waals surface area contributed by atoms with Crippen LogP contribution in [0.15, 0.2) is 30.5 Å². The first-order chi connectivity index (χ1) is 6.27. The van der Waals surface area contributed by atoms with Crippen molar-refractivity contribution in [3.05, 3.63) is 40.5 Å². The van der Waals surface area contributed by atoms with Gasteiger partial charge < -0.3 is 0 Å². The summed E-state index contributed by atoms with van der Waals surface area (Å²) in [4.78, 5) is 0. The maximum atomic E-state index is 5.89. The standard InChI is InChI=1S/C9H6Cl2N2/c10-7-3-1-6(2-4-7)9-8(11)5-12-13-9/h1-5H,(H,12,13). The molecule has 0 aliphatic rings. The smallest absolute Gasteiger partial charge is 0.0862 e. The van der Waals surface area contributed by atoms with Crippen LogP contribution in [-0.4, -0.2) is 10.2 Å². The van der Waals surface area contributed by atoms with E-state index in [1.807, 2.05) is 24.3 Å². The van der Waals surface area contributed by atoms with Crippen LogP contribution >= 0.6 is 23.2 Å². The molecule has 66 valence electrons. The van der Waals surface area contributed by atoms with Crippen molar-refractivity contribution < 1.29 is 0 Å². The van der Waals surface area contributed by atoms with Gasteiger partial charge in [0.1, 0.15) is 0 Å². The summed E-state index contributed by atoms with van der Waals surface area (Å²) in [6.45, 7) is 0. The summed E-state index contributed by atoms with van der Waals surface area (Å²) in [5, 5.41) is 7.97. The number of nitrogens with zero attached hydrogens (tertiary/aromatic N) is 1. The van der Waals surface area contributed by atoms with Gasteiger partial charge in [-0.2, -0.15) is 5.10 Å². The van der Waals surface area contributed by atoms with Crippen LogP contribution in [-0.2, 0) is 0 Å². The molecule has 1 aromatic carbocycles. The molecule has 1 N–H and O–H groups in total. The van der Waals surface area contributed by atoms with E-state index in [-0.39, 0.29) is 0 Å². The number of hydrogen-bond acceptors (Lipinski definition) is 1. The molecule has 4 heteroatoms. The molecule has 2 rings (SSSR count). The zero-order valence-corrected chi connectivity index (χ0v) is 8.10. The van der Waals surface area contributed by atoms with E-state index in [9.17, 15) is 0 Å². The molecule has 0 saturated heterocycles. The zero-order valence-electron chi connectivity index (χ0n) is 6.59. The highest BCUT2D eigenvalue weighted by Gasteiger charge is 2.04. The first kappa shape index (κ1) is 8.60. The van der Waals surface area contributed by atoms with Crippen LogP contribution in [0, 0.1) is 0 Å². The summed E-state index contributed by atoms with van der Waals surface area (Å²) in [5.41, 5.74) is 1.80. The predicted octanol–water partition coefficient (Wildman–Crippen LogP) is 3.38. The molecular weight excluding hydrogens is 207 g/mol. The van der Waals surface area contributed by atoms with Crippen molar-refractivity contribution in [2.75, 3.05) is 0 Å². The second kappa shape index (κ2) is 3.40. The van der Waals surface area contributed by atoms with Crippen molar-refractivity contribution in [2.45, 2.75) is 0 Å². The molecule has 0 unspecified atom stereocenters. The number of aromatic amines is 1. The van der Waals surface area contributed by atoms with Crippen molar-refractivity contribution >= 4 is 23.2 Å². The Morgan fingerprint density at radius 3 is 2.31 bits per heavy atom. The minimum atomic E-state index is 0.613. The van der Waals surface area contributed by atoms with E-state index in [1.54, 1.807) is 6.20 Å². The van der Waals surface area contributed by atoms with Crippen LogP contribution in [0.25, 0.3) is 11.3 Å². The van der Waals surface area contributed by atoms with Gasteiger partial charge in [0.15, 0.2) is 0 Å². The monoisotopic (exact) mass is 212 g/mol. The lowest BCUT2D eigenvalue weighted by molar-refractivity contribution is 1.10. The molecule has 13 heavy (non-hydrogen) atoms. The maximum absolute atomic E-state index is 5.89. The lowest BCUT2D eigenvalue weighted by Gasteiger charge is -1.97. The fraction of sp³-hybridized carbons (Fsp3) is 0. The van der Waals surface area contributed by atoms with E-state index in [2.05, 4.69) is 10.2 Å². The van der Waals surface area contributed by atoms with Crippen molar-refractivity contribution in [2.24, 2.45) is 0 Å². The molecule has 2 aromatic rings. The van der Waals surface area contributed by atoms with E-state index >= 15 is 0 Å². The van der Waals surface area contributed by atoms with Gasteiger partial charge in [-0.15, -0.1) is 0 Å². The Kier molecular flexibility index (Phi) is 2.25. The molecular formula is C9H6Cl2N2. The van der Waals surface area contributed by atoms with Crippen LogP contribution in [0.3, 0.4) is 0 Å². The van der Waals surface area contributed by atoms with Gasteiger partial charge in [0, 0.05) is 10.6 Å². The molecule has 1 heterocycles.